The monoisotopic (exact) mass is 184 g/mol. The minimum Gasteiger partial charge on any atom is -0.386 e. The molecule has 1 rings (SSSR count). The van der Waals surface area contributed by atoms with Gasteiger partial charge in [-0.2, -0.15) is 0 Å². The van der Waals surface area contributed by atoms with E-state index in [1.165, 1.54) is 0 Å². The molecule has 1 aliphatic heterocycles. The maximum absolute atomic E-state index is 9.68. The lowest BCUT2D eigenvalue weighted by Gasteiger charge is -2.12. The van der Waals surface area contributed by atoms with Crippen LogP contribution in [-0.4, -0.2) is 22.9 Å². The van der Waals surface area contributed by atoms with Gasteiger partial charge >= 0.3 is 0 Å². The Morgan fingerprint density at radius 1 is 1.38 bits per heavy atom. The van der Waals surface area contributed by atoms with E-state index in [0.29, 0.717) is 0 Å². The van der Waals surface area contributed by atoms with Gasteiger partial charge in [0.05, 0.1) is 5.60 Å². The summed E-state index contributed by atoms with van der Waals surface area (Å²) < 4.78 is 5.33. The average molecular weight is 184 g/mol. The van der Waals surface area contributed by atoms with Crippen molar-refractivity contribution in [2.24, 2.45) is 5.41 Å². The van der Waals surface area contributed by atoms with Crippen molar-refractivity contribution in [1.82, 2.24) is 0 Å². The van der Waals surface area contributed by atoms with Gasteiger partial charge in [0, 0.05) is 0 Å². The molecule has 0 aromatic heterocycles. The molecule has 2 nitrogen and oxygen atoms in total. The second kappa shape index (κ2) is 3.10. The summed E-state index contributed by atoms with van der Waals surface area (Å²) in [6.07, 6.45) is 3.37. The molecule has 1 fully saturated rings. The van der Waals surface area contributed by atoms with E-state index in [0.717, 1.165) is 0 Å². The Balaban J connectivity index is 2.44. The van der Waals surface area contributed by atoms with Gasteiger partial charge in [-0.15, -0.1) is 0 Å². The van der Waals surface area contributed by atoms with Crippen LogP contribution in [0.1, 0.15) is 34.6 Å². The number of hydrogen-bond acceptors (Lipinski definition) is 2. The molecule has 0 bridgehead atoms. The summed E-state index contributed by atoms with van der Waals surface area (Å²) in [7, 11) is 0. The van der Waals surface area contributed by atoms with Crippen LogP contribution in [0.15, 0.2) is 12.2 Å². The normalized spacial score (nSPS) is 29.2. The molecule has 2 atom stereocenters. The molecule has 0 aromatic rings. The van der Waals surface area contributed by atoms with Gasteiger partial charge in [-0.3, -0.25) is 0 Å². The third kappa shape index (κ3) is 3.12. The van der Waals surface area contributed by atoms with Gasteiger partial charge in [-0.05, 0) is 19.3 Å². The highest BCUT2D eigenvalue weighted by atomic mass is 16.6. The van der Waals surface area contributed by atoms with Crippen molar-refractivity contribution in [3.05, 3.63) is 12.2 Å². The molecule has 2 heteroatoms. The van der Waals surface area contributed by atoms with Crippen LogP contribution >= 0.6 is 0 Å². The molecule has 1 aliphatic rings. The number of epoxide rings is 1. The van der Waals surface area contributed by atoms with Crippen LogP contribution < -0.4 is 0 Å². The van der Waals surface area contributed by atoms with E-state index in [-0.39, 0.29) is 17.1 Å². The third-order valence-electron chi connectivity index (χ3n) is 2.16. The Kier molecular flexibility index (Phi) is 2.56. The fourth-order valence-electron chi connectivity index (χ4n) is 1.26. The zero-order valence-electron chi connectivity index (χ0n) is 9.16. The molecule has 0 spiro atoms. The number of ether oxygens (including phenoxy) is 1. The van der Waals surface area contributed by atoms with Gasteiger partial charge in [0.15, 0.2) is 0 Å². The number of hydrogen-bond donors (Lipinski definition) is 1. The van der Waals surface area contributed by atoms with E-state index in [9.17, 15) is 5.11 Å². The van der Waals surface area contributed by atoms with Crippen molar-refractivity contribution < 1.29 is 9.84 Å². The van der Waals surface area contributed by atoms with E-state index in [1.54, 1.807) is 0 Å². The van der Waals surface area contributed by atoms with Crippen molar-refractivity contribution in [3.63, 3.8) is 0 Å². The third-order valence-corrected chi connectivity index (χ3v) is 2.16. The zero-order chi connectivity index (χ0) is 10.3. The standard InChI is InChI=1S/C11H20O2/c1-10(2,3)7-6-8(12)9-11(4,5)13-9/h6-9,12H,1-5H3/b7-6+/t8-,9+/m0/s1. The van der Waals surface area contributed by atoms with Crippen LogP contribution in [0.3, 0.4) is 0 Å². The summed E-state index contributed by atoms with van der Waals surface area (Å²) in [6, 6.07) is 0. The van der Waals surface area contributed by atoms with Crippen molar-refractivity contribution in [2.75, 3.05) is 0 Å². The largest absolute Gasteiger partial charge is 0.386 e. The Morgan fingerprint density at radius 2 is 1.85 bits per heavy atom. The molecule has 13 heavy (non-hydrogen) atoms. The predicted octanol–water partition coefficient (Wildman–Crippen LogP) is 2.13. The number of aliphatic hydroxyl groups excluding tert-OH is 1. The lowest BCUT2D eigenvalue weighted by Crippen LogP contribution is -2.18. The highest BCUT2D eigenvalue weighted by molar-refractivity contribution is 5.08. The maximum atomic E-state index is 9.68. The first-order valence-electron chi connectivity index (χ1n) is 4.78. The van der Waals surface area contributed by atoms with Crippen LogP contribution in [0.25, 0.3) is 0 Å². The van der Waals surface area contributed by atoms with E-state index < -0.39 is 6.10 Å². The minimum atomic E-state index is -0.464. The molecule has 0 aromatic carbocycles. The van der Waals surface area contributed by atoms with Crippen molar-refractivity contribution >= 4 is 0 Å². The van der Waals surface area contributed by atoms with Crippen LogP contribution in [0.4, 0.5) is 0 Å². The lowest BCUT2D eigenvalue weighted by molar-refractivity contribution is 0.175. The summed E-state index contributed by atoms with van der Waals surface area (Å²) in [5, 5.41) is 9.68. The van der Waals surface area contributed by atoms with E-state index in [4.69, 9.17) is 4.74 Å². The van der Waals surface area contributed by atoms with E-state index in [2.05, 4.69) is 20.8 Å². The molecule has 1 saturated heterocycles. The highest BCUT2D eigenvalue weighted by Crippen LogP contribution is 2.38. The Hall–Kier alpha value is -0.340. The first-order valence-corrected chi connectivity index (χ1v) is 4.78. The maximum Gasteiger partial charge on any atom is 0.116 e. The topological polar surface area (TPSA) is 32.8 Å². The first kappa shape index (κ1) is 10.7. The fourth-order valence-corrected chi connectivity index (χ4v) is 1.26. The number of aliphatic hydroxyl groups is 1. The van der Waals surface area contributed by atoms with Crippen LogP contribution in [-0.2, 0) is 4.74 Å². The van der Waals surface area contributed by atoms with Crippen molar-refractivity contribution in [2.45, 2.75) is 52.4 Å². The quantitative estimate of drug-likeness (QED) is 0.526. The molecule has 76 valence electrons. The summed E-state index contributed by atoms with van der Waals surface area (Å²) >= 11 is 0. The highest BCUT2D eigenvalue weighted by Gasteiger charge is 2.51. The molecule has 1 heterocycles. The van der Waals surface area contributed by atoms with Gasteiger partial charge in [0.25, 0.3) is 0 Å². The summed E-state index contributed by atoms with van der Waals surface area (Å²) in [5.41, 5.74) is -0.0122. The smallest absolute Gasteiger partial charge is 0.116 e. The molecule has 0 aliphatic carbocycles. The van der Waals surface area contributed by atoms with Crippen molar-refractivity contribution in [3.8, 4) is 0 Å². The van der Waals surface area contributed by atoms with E-state index in [1.807, 2.05) is 26.0 Å². The van der Waals surface area contributed by atoms with Gasteiger partial charge in [0.2, 0.25) is 0 Å². The number of allylic oxidation sites excluding steroid dienone is 1. The minimum absolute atomic E-state index is 0.0221. The van der Waals surface area contributed by atoms with Gasteiger partial charge < -0.3 is 9.84 Å². The lowest BCUT2D eigenvalue weighted by atomic mass is 9.94. The molecule has 0 saturated carbocycles. The predicted molar refractivity (Wildman–Crippen MR) is 53.6 cm³/mol. The van der Waals surface area contributed by atoms with E-state index >= 15 is 0 Å². The second-order valence-electron chi connectivity index (χ2n) is 5.36. The number of rotatable bonds is 2. The average Bonchev–Trinajstić information content (AvgIpc) is 2.53. The Bertz CT molecular complexity index is 211. The van der Waals surface area contributed by atoms with Crippen molar-refractivity contribution in [1.29, 1.82) is 0 Å². The molecule has 0 amide bonds. The van der Waals surface area contributed by atoms with Crippen LogP contribution in [0.2, 0.25) is 0 Å². The summed E-state index contributed by atoms with van der Waals surface area (Å²) in [6.45, 7) is 10.3. The Labute approximate surface area is 80.6 Å². The van der Waals surface area contributed by atoms with Gasteiger partial charge in [-0.1, -0.05) is 32.9 Å². The fraction of sp³-hybridized carbons (Fsp3) is 0.818. The zero-order valence-corrected chi connectivity index (χ0v) is 9.16. The Morgan fingerprint density at radius 3 is 2.15 bits per heavy atom. The van der Waals surface area contributed by atoms with Gasteiger partial charge in [-0.25, -0.2) is 0 Å². The molecular formula is C11H20O2. The summed E-state index contributed by atoms with van der Waals surface area (Å²) in [4.78, 5) is 0. The molecule has 1 N–H and O–H groups in total. The summed E-state index contributed by atoms with van der Waals surface area (Å²) in [5.74, 6) is 0. The molecule has 0 unspecified atom stereocenters. The molecule has 0 radical (unpaired) electrons. The van der Waals surface area contributed by atoms with Crippen LogP contribution in [0, 0.1) is 5.41 Å². The van der Waals surface area contributed by atoms with Crippen LogP contribution in [0.5, 0.6) is 0 Å². The van der Waals surface area contributed by atoms with Gasteiger partial charge in [0.1, 0.15) is 12.2 Å². The SMILES string of the molecule is CC(C)(C)/C=C/[C@H](O)[C@H]1OC1(C)C. The second-order valence-corrected chi connectivity index (χ2v) is 5.36. The first-order chi connectivity index (χ1) is 5.72. The molecular weight excluding hydrogens is 164 g/mol.